The van der Waals surface area contributed by atoms with Crippen LogP contribution in [0.15, 0.2) is 81.7 Å². The molecule has 0 spiro atoms. The van der Waals surface area contributed by atoms with E-state index in [9.17, 15) is 4.79 Å². The summed E-state index contributed by atoms with van der Waals surface area (Å²) in [5.41, 5.74) is 2.79. The van der Waals surface area contributed by atoms with Gasteiger partial charge in [-0.3, -0.25) is 9.78 Å². The normalized spacial score (nSPS) is 15.6. The Balaban J connectivity index is 1.35. The van der Waals surface area contributed by atoms with E-state index in [0.717, 1.165) is 34.2 Å². The molecule has 3 aromatic heterocycles. The van der Waals surface area contributed by atoms with E-state index in [1.165, 1.54) is 11.8 Å². The minimum absolute atomic E-state index is 0.113. The van der Waals surface area contributed by atoms with Crippen LogP contribution in [0.4, 0.5) is 0 Å². The molecule has 0 aliphatic carbocycles. The number of hydrogen-bond donors (Lipinski definition) is 0. The van der Waals surface area contributed by atoms with Crippen LogP contribution in [0, 0.1) is 6.92 Å². The SMILES string of the molecule is Cc1ccc([C@@H]2CC(c3ccccc3)=NN2C(=O)CSc2nnc(-c3ccncc3)n2C)o1. The third kappa shape index (κ3) is 4.31. The van der Waals surface area contributed by atoms with Crippen LogP contribution >= 0.6 is 11.8 Å². The van der Waals surface area contributed by atoms with Gasteiger partial charge >= 0.3 is 0 Å². The highest BCUT2D eigenvalue weighted by molar-refractivity contribution is 7.99. The van der Waals surface area contributed by atoms with E-state index in [2.05, 4.69) is 15.2 Å². The molecular formula is C24H22N6O2S. The molecule has 0 N–H and O–H groups in total. The lowest BCUT2D eigenvalue weighted by Gasteiger charge is -2.19. The zero-order valence-electron chi connectivity index (χ0n) is 18.3. The minimum Gasteiger partial charge on any atom is -0.464 e. The molecule has 0 unspecified atom stereocenters. The summed E-state index contributed by atoms with van der Waals surface area (Å²) in [6, 6.07) is 17.2. The predicted molar refractivity (Wildman–Crippen MR) is 126 cm³/mol. The highest BCUT2D eigenvalue weighted by atomic mass is 32.2. The summed E-state index contributed by atoms with van der Waals surface area (Å²) in [4.78, 5) is 17.3. The second-order valence-corrected chi connectivity index (χ2v) is 8.65. The van der Waals surface area contributed by atoms with E-state index in [-0.39, 0.29) is 17.7 Å². The van der Waals surface area contributed by atoms with E-state index in [1.54, 1.807) is 17.4 Å². The quantitative estimate of drug-likeness (QED) is 0.401. The lowest BCUT2D eigenvalue weighted by atomic mass is 10.0. The Morgan fingerprint density at radius 2 is 1.85 bits per heavy atom. The van der Waals surface area contributed by atoms with Crippen LogP contribution in [-0.4, -0.2) is 42.1 Å². The predicted octanol–water partition coefficient (Wildman–Crippen LogP) is 4.25. The van der Waals surface area contributed by atoms with Gasteiger partial charge in [-0.25, -0.2) is 5.01 Å². The monoisotopic (exact) mass is 458 g/mol. The number of furan rings is 1. The Kier molecular flexibility index (Phi) is 5.78. The highest BCUT2D eigenvalue weighted by Crippen LogP contribution is 2.34. The first-order valence-electron chi connectivity index (χ1n) is 10.5. The van der Waals surface area contributed by atoms with Gasteiger partial charge in [-0.1, -0.05) is 42.1 Å². The first-order chi connectivity index (χ1) is 16.1. The number of pyridine rings is 1. The van der Waals surface area contributed by atoms with Crippen LogP contribution in [0.1, 0.15) is 29.5 Å². The van der Waals surface area contributed by atoms with Crippen LogP contribution in [0.2, 0.25) is 0 Å². The maximum absolute atomic E-state index is 13.3. The maximum atomic E-state index is 13.3. The van der Waals surface area contributed by atoms with Gasteiger partial charge in [0.25, 0.3) is 5.91 Å². The zero-order valence-corrected chi connectivity index (χ0v) is 19.1. The van der Waals surface area contributed by atoms with Crippen molar-refractivity contribution in [2.24, 2.45) is 12.1 Å². The number of rotatable bonds is 6. The van der Waals surface area contributed by atoms with Gasteiger partial charge in [-0.05, 0) is 36.8 Å². The van der Waals surface area contributed by atoms with Gasteiger partial charge < -0.3 is 8.98 Å². The Morgan fingerprint density at radius 3 is 2.58 bits per heavy atom. The lowest BCUT2D eigenvalue weighted by molar-refractivity contribution is -0.130. The summed E-state index contributed by atoms with van der Waals surface area (Å²) in [5.74, 6) is 2.34. The number of nitrogens with zero attached hydrogens (tertiary/aromatic N) is 6. The summed E-state index contributed by atoms with van der Waals surface area (Å²) in [6.07, 6.45) is 4.03. The second-order valence-electron chi connectivity index (χ2n) is 7.71. The molecule has 0 fully saturated rings. The number of thioether (sulfide) groups is 1. The fourth-order valence-corrected chi connectivity index (χ4v) is 4.55. The van der Waals surface area contributed by atoms with Crippen molar-refractivity contribution in [3.8, 4) is 11.4 Å². The van der Waals surface area contributed by atoms with Gasteiger partial charge in [-0.2, -0.15) is 5.10 Å². The molecule has 0 saturated carbocycles. The molecule has 0 bridgehead atoms. The number of amides is 1. The average molecular weight is 459 g/mol. The topological polar surface area (TPSA) is 89.4 Å². The molecule has 166 valence electrons. The molecule has 1 atom stereocenters. The Bertz CT molecular complexity index is 1300. The molecule has 1 aromatic carbocycles. The molecule has 33 heavy (non-hydrogen) atoms. The largest absolute Gasteiger partial charge is 0.464 e. The van der Waals surface area contributed by atoms with Crippen molar-refractivity contribution in [3.63, 3.8) is 0 Å². The third-order valence-corrected chi connectivity index (χ3v) is 6.47. The standard InChI is InChI=1S/C24H22N6O2S/c1-16-8-9-21(32-16)20-14-19(17-6-4-3-5-7-17)28-30(20)22(31)15-33-24-27-26-23(29(24)2)18-10-12-25-13-11-18/h3-13,20H,14-15H2,1-2H3/t20-/m0/s1. The van der Waals surface area contributed by atoms with E-state index in [4.69, 9.17) is 9.52 Å². The van der Waals surface area contributed by atoms with Gasteiger partial charge in [0.2, 0.25) is 0 Å². The van der Waals surface area contributed by atoms with Crippen molar-refractivity contribution in [2.45, 2.75) is 24.5 Å². The Labute approximate surface area is 195 Å². The van der Waals surface area contributed by atoms with Crippen molar-refractivity contribution in [2.75, 3.05) is 5.75 Å². The van der Waals surface area contributed by atoms with Crippen molar-refractivity contribution in [1.82, 2.24) is 24.8 Å². The molecule has 0 saturated heterocycles. The Hall–Kier alpha value is -3.72. The number of benzene rings is 1. The summed E-state index contributed by atoms with van der Waals surface area (Å²) in [6.45, 7) is 1.90. The van der Waals surface area contributed by atoms with Crippen LogP contribution in [0.25, 0.3) is 11.4 Å². The van der Waals surface area contributed by atoms with Crippen molar-refractivity contribution in [3.05, 3.63) is 84.1 Å². The van der Waals surface area contributed by atoms with E-state index in [1.807, 2.05) is 73.1 Å². The van der Waals surface area contributed by atoms with E-state index in [0.29, 0.717) is 11.6 Å². The van der Waals surface area contributed by atoms with E-state index < -0.39 is 0 Å². The van der Waals surface area contributed by atoms with Crippen molar-refractivity contribution in [1.29, 1.82) is 0 Å². The molecule has 4 heterocycles. The van der Waals surface area contributed by atoms with Crippen LogP contribution in [0.5, 0.6) is 0 Å². The van der Waals surface area contributed by atoms with Gasteiger partial charge in [0, 0.05) is 31.4 Å². The fraction of sp³-hybridized carbons (Fsp3) is 0.208. The molecule has 1 aliphatic heterocycles. The molecule has 0 radical (unpaired) electrons. The number of aryl methyl sites for hydroxylation is 1. The van der Waals surface area contributed by atoms with Gasteiger partial charge in [-0.15, -0.1) is 10.2 Å². The molecule has 1 amide bonds. The zero-order chi connectivity index (χ0) is 22.8. The third-order valence-electron chi connectivity index (χ3n) is 5.46. The summed E-state index contributed by atoms with van der Waals surface area (Å²) >= 11 is 1.34. The first kappa shape index (κ1) is 21.1. The van der Waals surface area contributed by atoms with Crippen LogP contribution in [-0.2, 0) is 11.8 Å². The minimum atomic E-state index is -0.270. The summed E-state index contributed by atoms with van der Waals surface area (Å²) < 4.78 is 7.74. The molecule has 9 heteroatoms. The number of carbonyl (C=O) groups excluding carboxylic acids is 1. The Morgan fingerprint density at radius 1 is 1.06 bits per heavy atom. The number of hydrazone groups is 1. The molecule has 4 aromatic rings. The molecule has 8 nitrogen and oxygen atoms in total. The van der Waals surface area contributed by atoms with Gasteiger partial charge in [0.15, 0.2) is 11.0 Å². The maximum Gasteiger partial charge on any atom is 0.253 e. The summed E-state index contributed by atoms with van der Waals surface area (Å²) in [7, 11) is 1.89. The second kappa shape index (κ2) is 9.03. The average Bonchev–Trinajstić information content (AvgIpc) is 3.57. The van der Waals surface area contributed by atoms with Crippen molar-refractivity contribution < 1.29 is 9.21 Å². The van der Waals surface area contributed by atoms with Crippen molar-refractivity contribution >= 4 is 23.4 Å². The summed E-state index contributed by atoms with van der Waals surface area (Å²) in [5, 5.41) is 15.4. The van der Waals surface area contributed by atoms with Crippen LogP contribution < -0.4 is 0 Å². The molecular weight excluding hydrogens is 436 g/mol. The smallest absolute Gasteiger partial charge is 0.253 e. The molecule has 1 aliphatic rings. The molecule has 5 rings (SSSR count). The van der Waals surface area contributed by atoms with E-state index >= 15 is 0 Å². The fourth-order valence-electron chi connectivity index (χ4n) is 3.78. The number of hydrogen-bond acceptors (Lipinski definition) is 7. The van der Waals surface area contributed by atoms with Gasteiger partial charge in [0.1, 0.15) is 17.6 Å². The number of aromatic nitrogens is 4. The first-order valence-corrected chi connectivity index (χ1v) is 11.5. The lowest BCUT2D eigenvalue weighted by Crippen LogP contribution is -2.28. The van der Waals surface area contributed by atoms with Crippen LogP contribution in [0.3, 0.4) is 0 Å². The number of carbonyl (C=O) groups is 1. The highest BCUT2D eigenvalue weighted by Gasteiger charge is 2.35. The van der Waals surface area contributed by atoms with Gasteiger partial charge in [0.05, 0.1) is 11.5 Å².